The predicted molar refractivity (Wildman–Crippen MR) is 89.7 cm³/mol. The smallest absolute Gasteiger partial charge is 0.440 e. The van der Waals surface area contributed by atoms with Crippen LogP contribution in [0, 0.1) is 0 Å². The molecule has 23 heavy (non-hydrogen) atoms. The van der Waals surface area contributed by atoms with Crippen LogP contribution in [0.5, 0.6) is 0 Å². The number of hydrogen-bond acceptors (Lipinski definition) is 9. The van der Waals surface area contributed by atoms with Crippen molar-refractivity contribution >= 4 is 43.7 Å². The van der Waals surface area contributed by atoms with Gasteiger partial charge in [0.1, 0.15) is 0 Å². The number of nitrogens with one attached hydrogen (secondary N) is 6. The molecule has 110 valence electrons. The molecule has 4 rings (SSSR count). The Bertz CT molecular complexity index is 547. The first-order chi connectivity index (χ1) is 11.4. The molecule has 6 N–H and O–H groups in total. The highest BCUT2D eigenvalue weighted by atomic mass is 16.4. The fraction of sp³-hybridized carbons (Fsp3) is 0. The Hall–Kier alpha value is -1.47. The van der Waals surface area contributed by atoms with Crippen molar-refractivity contribution in [3.63, 3.8) is 0 Å². The summed E-state index contributed by atoms with van der Waals surface area (Å²) in [4.78, 5) is 8.08. The van der Waals surface area contributed by atoms with Gasteiger partial charge in [0.15, 0.2) is 0 Å². The second kappa shape index (κ2) is 6.96. The topological polar surface area (TPSA) is 117 Å². The van der Waals surface area contributed by atoms with E-state index in [1.54, 1.807) is 40.1 Å². The molecule has 0 saturated carbocycles. The van der Waals surface area contributed by atoms with Gasteiger partial charge in [-0.15, -0.1) is 0 Å². The van der Waals surface area contributed by atoms with E-state index in [-0.39, 0.29) is 28.6 Å². The molecule has 0 amide bonds. The molecule has 2 fully saturated rings. The Morgan fingerprint density at radius 3 is 1.74 bits per heavy atom. The Morgan fingerprint density at radius 2 is 1.30 bits per heavy atom. The fourth-order valence-corrected chi connectivity index (χ4v) is 2.37. The zero-order chi connectivity index (χ0) is 15.5. The lowest BCUT2D eigenvalue weighted by molar-refractivity contribution is 0.548. The largest absolute Gasteiger partial charge is 0.447 e. The van der Waals surface area contributed by atoms with E-state index >= 15 is 0 Å². The van der Waals surface area contributed by atoms with Gasteiger partial charge >= 0.3 is 28.6 Å². The molecule has 11 nitrogen and oxygen atoms in total. The Labute approximate surface area is 136 Å². The molecule has 0 atom stereocenters. The number of nitrogens with zero attached hydrogens (tertiary/aromatic N) is 4. The molecule has 0 aliphatic carbocycles. The molecule has 0 aromatic carbocycles. The van der Waals surface area contributed by atoms with Crippen molar-refractivity contribution in [2.75, 3.05) is 0 Å². The summed E-state index contributed by atoms with van der Waals surface area (Å²) in [7, 11) is 2.43. The van der Waals surface area contributed by atoms with Crippen molar-refractivity contribution in [1.29, 1.82) is 0 Å². The van der Waals surface area contributed by atoms with Gasteiger partial charge < -0.3 is 44.4 Å². The SMILES string of the molecule is [B]1NB(OB2N[B]NB(n3ccnc3)N2)NB(n2ccnc2)N1. The first kappa shape index (κ1) is 15.1. The maximum absolute atomic E-state index is 5.93. The van der Waals surface area contributed by atoms with Gasteiger partial charge in [0.05, 0.1) is 12.7 Å². The summed E-state index contributed by atoms with van der Waals surface area (Å²) in [6.07, 6.45) is 10.6. The predicted octanol–water partition coefficient (Wildman–Crippen LogP) is -4.93. The monoisotopic (exact) mass is 306 g/mol. The summed E-state index contributed by atoms with van der Waals surface area (Å²) in [6, 6.07) is 0. The van der Waals surface area contributed by atoms with Crippen molar-refractivity contribution in [3.05, 3.63) is 37.4 Å². The van der Waals surface area contributed by atoms with E-state index in [2.05, 4.69) is 40.8 Å². The van der Waals surface area contributed by atoms with Crippen LogP contribution in [-0.4, -0.2) is 62.6 Å². The molecule has 2 aliphatic heterocycles. The van der Waals surface area contributed by atoms with Crippen molar-refractivity contribution in [3.8, 4) is 0 Å². The van der Waals surface area contributed by atoms with Gasteiger partial charge in [0, 0.05) is 24.8 Å². The lowest BCUT2D eigenvalue weighted by atomic mass is 9.67. The third-order valence-corrected chi connectivity index (χ3v) is 3.49. The Balaban J connectivity index is 1.34. The highest BCUT2D eigenvalue weighted by molar-refractivity contribution is 6.85. The minimum atomic E-state index is -0.386. The van der Waals surface area contributed by atoms with Crippen LogP contribution in [0.15, 0.2) is 37.4 Å². The standard InChI is InChI=1S/C6H12B6N10O/c1-3-21(5-13-1)9-15-7-17-11(19-9)23-12-18-8-16-10(20-12)22-4-2-14-6-22/h1-6,15-20H. The fourth-order valence-electron chi connectivity index (χ4n) is 2.37. The molecule has 2 aromatic heterocycles. The molecule has 2 saturated heterocycles. The number of hydrogen-bond donors (Lipinski definition) is 6. The third-order valence-electron chi connectivity index (χ3n) is 3.49. The Kier molecular flexibility index (Phi) is 4.57. The number of rotatable bonds is 4. The van der Waals surface area contributed by atoms with Crippen LogP contribution in [-0.2, 0) is 4.57 Å². The van der Waals surface area contributed by atoms with E-state index in [0.29, 0.717) is 0 Å². The van der Waals surface area contributed by atoms with Gasteiger partial charge in [-0.1, -0.05) is 0 Å². The lowest BCUT2D eigenvalue weighted by Gasteiger charge is -2.32. The van der Waals surface area contributed by atoms with Crippen LogP contribution in [0.3, 0.4) is 0 Å². The van der Waals surface area contributed by atoms with Crippen molar-refractivity contribution in [2.45, 2.75) is 0 Å². The average molecular weight is 305 g/mol. The van der Waals surface area contributed by atoms with E-state index in [1.807, 2.05) is 21.3 Å². The van der Waals surface area contributed by atoms with Gasteiger partial charge in [-0.25, -0.2) is 9.97 Å². The van der Waals surface area contributed by atoms with E-state index in [9.17, 15) is 0 Å². The number of aromatic nitrogens is 4. The van der Waals surface area contributed by atoms with Crippen LogP contribution in [0.25, 0.3) is 0 Å². The zero-order valence-electron chi connectivity index (χ0n) is 12.1. The third kappa shape index (κ3) is 3.55. The molecule has 2 radical (unpaired) electrons. The molecule has 2 aliphatic rings. The van der Waals surface area contributed by atoms with Crippen LogP contribution < -0.4 is 30.8 Å². The molecular formula is C6H12B6N10O. The van der Waals surface area contributed by atoms with E-state index in [4.69, 9.17) is 4.57 Å². The van der Waals surface area contributed by atoms with Crippen LogP contribution in [0.2, 0.25) is 0 Å². The highest BCUT2D eigenvalue weighted by Gasteiger charge is 2.38. The molecule has 0 spiro atoms. The lowest BCUT2D eigenvalue weighted by Crippen LogP contribution is -2.78. The van der Waals surface area contributed by atoms with E-state index in [0.717, 1.165) is 0 Å². The van der Waals surface area contributed by atoms with Gasteiger partial charge in [-0.2, -0.15) is 0 Å². The molecule has 0 unspecified atom stereocenters. The summed E-state index contributed by atoms with van der Waals surface area (Å²) in [5.74, 6) is 0. The van der Waals surface area contributed by atoms with E-state index in [1.165, 1.54) is 0 Å². The first-order valence-corrected chi connectivity index (χ1v) is 7.18. The second-order valence-corrected chi connectivity index (χ2v) is 5.01. The molecule has 4 heterocycles. The average Bonchev–Trinajstić information content (AvgIpc) is 3.29. The summed E-state index contributed by atoms with van der Waals surface area (Å²) in [5, 5.41) is 19.0. The van der Waals surface area contributed by atoms with E-state index < -0.39 is 0 Å². The summed E-state index contributed by atoms with van der Waals surface area (Å²) in [6.45, 7) is 0. The minimum absolute atomic E-state index is 0.140. The molecular weight excluding hydrogens is 293 g/mol. The van der Waals surface area contributed by atoms with Gasteiger partial charge in [-0.3, -0.25) is 0 Å². The number of imidazole rings is 2. The van der Waals surface area contributed by atoms with Gasteiger partial charge in [0.25, 0.3) is 15.1 Å². The Morgan fingerprint density at radius 1 is 0.783 bits per heavy atom. The first-order valence-electron chi connectivity index (χ1n) is 7.18. The van der Waals surface area contributed by atoms with Gasteiger partial charge in [0.2, 0.25) is 0 Å². The summed E-state index contributed by atoms with van der Waals surface area (Å²) < 4.78 is 9.73. The maximum Gasteiger partial charge on any atom is 0.440 e. The summed E-state index contributed by atoms with van der Waals surface area (Å²) >= 11 is 0. The van der Waals surface area contributed by atoms with Crippen molar-refractivity contribution in [1.82, 2.24) is 49.8 Å². The quantitative estimate of drug-likeness (QED) is 0.309. The van der Waals surface area contributed by atoms with Gasteiger partial charge in [-0.05, 0) is 0 Å². The normalized spacial score (nSPS) is 18.8. The van der Waals surface area contributed by atoms with Crippen molar-refractivity contribution in [2.24, 2.45) is 0 Å². The summed E-state index contributed by atoms with van der Waals surface area (Å²) in [5.41, 5.74) is 0. The minimum Gasteiger partial charge on any atom is -0.447 e. The molecule has 2 aromatic rings. The highest BCUT2D eigenvalue weighted by Crippen LogP contribution is 1.93. The van der Waals surface area contributed by atoms with Crippen LogP contribution >= 0.6 is 0 Å². The van der Waals surface area contributed by atoms with Crippen LogP contribution in [0.4, 0.5) is 0 Å². The zero-order valence-corrected chi connectivity index (χ0v) is 12.1. The van der Waals surface area contributed by atoms with Crippen LogP contribution in [0.1, 0.15) is 0 Å². The molecule has 17 heteroatoms. The second-order valence-electron chi connectivity index (χ2n) is 5.01. The molecule has 0 bridgehead atoms. The maximum atomic E-state index is 5.93. The van der Waals surface area contributed by atoms with Crippen molar-refractivity contribution < 1.29 is 4.57 Å².